The number of hydrogen-bond donors (Lipinski definition) is 0. The molecule has 0 spiro atoms. The van der Waals surface area contributed by atoms with Gasteiger partial charge in [-0.05, 0) is 37.1 Å². The average molecular weight is 301 g/mol. The summed E-state index contributed by atoms with van der Waals surface area (Å²) in [6, 6.07) is 10.5. The third kappa shape index (κ3) is 1.95. The van der Waals surface area contributed by atoms with Gasteiger partial charge in [-0.2, -0.15) is 0 Å². The molecular weight excluding hydrogens is 288 g/mol. The van der Waals surface area contributed by atoms with E-state index < -0.39 is 0 Å². The Morgan fingerprint density at radius 3 is 2.67 bits per heavy atom. The lowest BCUT2D eigenvalue weighted by Gasteiger charge is -2.00. The number of hydrogen-bond acceptors (Lipinski definition) is 1. The van der Waals surface area contributed by atoms with Crippen LogP contribution in [0.1, 0.15) is 11.1 Å². The maximum atomic E-state index is 4.64. The fraction of sp³-hybridized carbons (Fsp3) is 0.133. The fourth-order valence-corrected chi connectivity index (χ4v) is 2.37. The highest BCUT2D eigenvalue weighted by Crippen LogP contribution is 2.25. The fourth-order valence-electron chi connectivity index (χ4n) is 1.99. The number of halogens is 1. The Kier molecular flexibility index (Phi) is 2.71. The Labute approximate surface area is 114 Å². The Morgan fingerprint density at radius 1 is 1.06 bits per heavy atom. The zero-order chi connectivity index (χ0) is 12.7. The van der Waals surface area contributed by atoms with Gasteiger partial charge in [0.05, 0.1) is 5.69 Å². The van der Waals surface area contributed by atoms with Crippen LogP contribution < -0.4 is 0 Å². The van der Waals surface area contributed by atoms with E-state index in [1.165, 1.54) is 11.1 Å². The highest BCUT2D eigenvalue weighted by Gasteiger charge is 2.05. The van der Waals surface area contributed by atoms with E-state index in [9.17, 15) is 0 Å². The minimum Gasteiger partial charge on any atom is -0.306 e. The van der Waals surface area contributed by atoms with Crippen LogP contribution in [0.25, 0.3) is 16.9 Å². The topological polar surface area (TPSA) is 17.3 Å². The zero-order valence-corrected chi connectivity index (χ0v) is 11.9. The molecule has 3 rings (SSSR count). The first-order chi connectivity index (χ1) is 8.63. The highest BCUT2D eigenvalue weighted by atomic mass is 79.9. The van der Waals surface area contributed by atoms with Crippen molar-refractivity contribution in [3.63, 3.8) is 0 Å². The molecule has 0 atom stereocenters. The molecule has 0 radical (unpaired) electrons. The first-order valence-corrected chi connectivity index (χ1v) is 6.65. The second-order valence-corrected chi connectivity index (χ2v) is 5.42. The van der Waals surface area contributed by atoms with Gasteiger partial charge in [-0.1, -0.05) is 34.1 Å². The maximum Gasteiger partial charge on any atom is 0.137 e. The van der Waals surface area contributed by atoms with Crippen LogP contribution in [0.4, 0.5) is 0 Å². The molecule has 0 saturated carbocycles. The lowest BCUT2D eigenvalue weighted by atomic mass is 10.1. The molecule has 2 heterocycles. The van der Waals surface area contributed by atoms with Crippen LogP contribution in [-0.4, -0.2) is 9.38 Å². The van der Waals surface area contributed by atoms with Crippen LogP contribution in [0.15, 0.2) is 47.2 Å². The molecule has 90 valence electrons. The van der Waals surface area contributed by atoms with Crippen molar-refractivity contribution >= 4 is 21.6 Å². The minimum atomic E-state index is 0.979. The molecule has 0 amide bonds. The number of imidazole rings is 1. The van der Waals surface area contributed by atoms with Gasteiger partial charge in [-0.3, -0.25) is 0 Å². The van der Waals surface area contributed by atoms with Crippen molar-refractivity contribution in [2.24, 2.45) is 0 Å². The first kappa shape index (κ1) is 11.5. The number of benzene rings is 1. The summed E-state index contributed by atoms with van der Waals surface area (Å²) < 4.78 is 3.19. The molecule has 0 aliphatic rings. The standard InChI is InChI=1S/C15H13BrN2/c1-10-3-6-15-17-14(9-18(15)8-10)12-5-4-11(2)13(16)7-12/h3-9H,1-2H3. The Hall–Kier alpha value is -1.61. The van der Waals surface area contributed by atoms with Crippen LogP contribution in [-0.2, 0) is 0 Å². The van der Waals surface area contributed by atoms with E-state index in [0.29, 0.717) is 0 Å². The van der Waals surface area contributed by atoms with Crippen molar-refractivity contribution in [1.82, 2.24) is 9.38 Å². The predicted octanol–water partition coefficient (Wildman–Crippen LogP) is 4.38. The van der Waals surface area contributed by atoms with E-state index in [-0.39, 0.29) is 0 Å². The summed E-state index contributed by atoms with van der Waals surface area (Å²) in [6.07, 6.45) is 4.16. The third-order valence-corrected chi connectivity index (χ3v) is 3.92. The number of nitrogens with zero attached hydrogens (tertiary/aromatic N) is 2. The smallest absolute Gasteiger partial charge is 0.137 e. The van der Waals surface area contributed by atoms with Crippen molar-refractivity contribution < 1.29 is 0 Å². The van der Waals surface area contributed by atoms with E-state index in [1.54, 1.807) is 0 Å². The van der Waals surface area contributed by atoms with Gasteiger partial charge in [0.2, 0.25) is 0 Å². The zero-order valence-electron chi connectivity index (χ0n) is 10.3. The number of rotatable bonds is 1. The van der Waals surface area contributed by atoms with Crippen LogP contribution >= 0.6 is 15.9 Å². The lowest BCUT2D eigenvalue weighted by Crippen LogP contribution is -1.82. The summed E-state index contributed by atoms with van der Waals surface area (Å²) >= 11 is 3.56. The van der Waals surface area contributed by atoms with Gasteiger partial charge >= 0.3 is 0 Å². The predicted molar refractivity (Wildman–Crippen MR) is 77.8 cm³/mol. The van der Waals surface area contributed by atoms with Crippen LogP contribution in [0.3, 0.4) is 0 Å². The Balaban J connectivity index is 2.16. The van der Waals surface area contributed by atoms with E-state index in [4.69, 9.17) is 0 Å². The molecule has 2 nitrogen and oxygen atoms in total. The van der Waals surface area contributed by atoms with Gasteiger partial charge in [-0.15, -0.1) is 0 Å². The van der Waals surface area contributed by atoms with Crippen molar-refractivity contribution in [1.29, 1.82) is 0 Å². The lowest BCUT2D eigenvalue weighted by molar-refractivity contribution is 1.16. The summed E-state index contributed by atoms with van der Waals surface area (Å²) in [6.45, 7) is 4.17. The molecule has 0 fully saturated rings. The van der Waals surface area contributed by atoms with Crippen LogP contribution in [0.2, 0.25) is 0 Å². The molecular formula is C15H13BrN2. The van der Waals surface area contributed by atoms with Gasteiger partial charge in [0.15, 0.2) is 0 Å². The molecule has 0 aliphatic heterocycles. The van der Waals surface area contributed by atoms with Crippen LogP contribution in [0, 0.1) is 13.8 Å². The van der Waals surface area contributed by atoms with Gasteiger partial charge in [0.25, 0.3) is 0 Å². The second kappa shape index (κ2) is 4.25. The molecule has 3 heteroatoms. The third-order valence-electron chi connectivity index (χ3n) is 3.07. The molecule has 0 bridgehead atoms. The van der Waals surface area contributed by atoms with Gasteiger partial charge in [-0.25, -0.2) is 4.98 Å². The Bertz CT molecular complexity index is 728. The number of fused-ring (bicyclic) bond motifs is 1. The molecule has 2 aromatic heterocycles. The molecule has 0 N–H and O–H groups in total. The summed E-state index contributed by atoms with van der Waals surface area (Å²) in [4.78, 5) is 4.64. The van der Waals surface area contributed by atoms with Crippen molar-refractivity contribution in [2.75, 3.05) is 0 Å². The van der Waals surface area contributed by atoms with E-state index in [2.05, 4.69) is 75.8 Å². The van der Waals surface area contributed by atoms with E-state index >= 15 is 0 Å². The SMILES string of the molecule is Cc1ccc2nc(-c3ccc(C)c(Br)c3)cn2c1. The summed E-state index contributed by atoms with van der Waals surface area (Å²) in [7, 11) is 0. The van der Waals surface area contributed by atoms with Crippen molar-refractivity contribution in [3.05, 3.63) is 58.3 Å². The second-order valence-electron chi connectivity index (χ2n) is 4.56. The molecule has 0 aliphatic carbocycles. The van der Waals surface area contributed by atoms with Gasteiger partial charge in [0.1, 0.15) is 5.65 Å². The van der Waals surface area contributed by atoms with Crippen molar-refractivity contribution in [2.45, 2.75) is 13.8 Å². The minimum absolute atomic E-state index is 0.979. The van der Waals surface area contributed by atoms with E-state index in [1.807, 2.05) is 6.07 Å². The van der Waals surface area contributed by atoms with Gasteiger partial charge < -0.3 is 4.40 Å². The molecule has 3 aromatic rings. The van der Waals surface area contributed by atoms with E-state index in [0.717, 1.165) is 21.4 Å². The van der Waals surface area contributed by atoms with Gasteiger partial charge in [0, 0.05) is 22.4 Å². The molecule has 1 aromatic carbocycles. The van der Waals surface area contributed by atoms with Crippen LogP contribution in [0.5, 0.6) is 0 Å². The highest BCUT2D eigenvalue weighted by molar-refractivity contribution is 9.10. The normalized spacial score (nSPS) is 11.1. The average Bonchev–Trinajstić information content (AvgIpc) is 2.75. The van der Waals surface area contributed by atoms with Crippen molar-refractivity contribution in [3.8, 4) is 11.3 Å². The quantitative estimate of drug-likeness (QED) is 0.652. The number of pyridine rings is 1. The molecule has 18 heavy (non-hydrogen) atoms. The molecule has 0 saturated heterocycles. The summed E-state index contributed by atoms with van der Waals surface area (Å²) in [5.74, 6) is 0. The number of aryl methyl sites for hydroxylation is 2. The first-order valence-electron chi connectivity index (χ1n) is 5.85. The monoisotopic (exact) mass is 300 g/mol. The summed E-state index contributed by atoms with van der Waals surface area (Å²) in [5, 5.41) is 0. The largest absolute Gasteiger partial charge is 0.306 e. The number of aromatic nitrogens is 2. The Morgan fingerprint density at radius 2 is 1.89 bits per heavy atom. The summed E-state index contributed by atoms with van der Waals surface area (Å²) in [5.41, 5.74) is 5.58. The maximum absolute atomic E-state index is 4.64. The molecule has 0 unspecified atom stereocenters.